The second kappa shape index (κ2) is 7.21. The zero-order valence-electron chi connectivity index (χ0n) is 19.2. The summed E-state index contributed by atoms with van der Waals surface area (Å²) in [5, 5.41) is 4.14. The van der Waals surface area contributed by atoms with Gasteiger partial charge in [-0.05, 0) is 72.7 Å². The Bertz CT molecular complexity index is 1480. The lowest BCUT2D eigenvalue weighted by atomic mass is 9.79. The number of hydrogen-bond donors (Lipinski definition) is 1. The zero-order chi connectivity index (χ0) is 22.9. The van der Waals surface area contributed by atoms with E-state index >= 15 is 0 Å². The molecule has 4 aromatic rings. The van der Waals surface area contributed by atoms with Crippen LogP contribution >= 0.6 is 0 Å². The first-order chi connectivity index (χ1) is 16.6. The van der Waals surface area contributed by atoms with Gasteiger partial charge in [0.25, 0.3) is 0 Å². The molecule has 1 aliphatic carbocycles. The van der Waals surface area contributed by atoms with Crippen molar-refractivity contribution in [3.8, 4) is 0 Å². The summed E-state index contributed by atoms with van der Waals surface area (Å²) in [6.45, 7) is 4.11. The number of fused-ring (bicyclic) bond motifs is 5. The summed E-state index contributed by atoms with van der Waals surface area (Å²) in [6.07, 6.45) is 4.24. The van der Waals surface area contributed by atoms with Gasteiger partial charge < -0.3 is 5.32 Å². The molecule has 34 heavy (non-hydrogen) atoms. The topological polar surface area (TPSA) is 58.1 Å². The third-order valence-corrected chi connectivity index (χ3v) is 8.04. The summed E-state index contributed by atoms with van der Waals surface area (Å²) in [5.74, 6) is 0.775. The van der Waals surface area contributed by atoms with Gasteiger partial charge in [0.05, 0.1) is 16.6 Å². The quantitative estimate of drug-likeness (QED) is 0.490. The molecule has 1 N–H and O–H groups in total. The van der Waals surface area contributed by atoms with Crippen molar-refractivity contribution in [2.45, 2.75) is 50.7 Å². The lowest BCUT2D eigenvalue weighted by molar-refractivity contribution is -0.120. The molecule has 4 heterocycles. The lowest BCUT2D eigenvalue weighted by Gasteiger charge is -2.34. The van der Waals surface area contributed by atoms with Crippen molar-refractivity contribution in [2.24, 2.45) is 0 Å². The van der Waals surface area contributed by atoms with Gasteiger partial charge in [-0.2, -0.15) is 0 Å². The summed E-state index contributed by atoms with van der Waals surface area (Å²) in [4.78, 5) is 25.0. The molecule has 168 valence electrons. The molecule has 0 fully saturated rings. The summed E-state index contributed by atoms with van der Waals surface area (Å²) in [7, 11) is 0. The minimum absolute atomic E-state index is 0.0643. The highest BCUT2D eigenvalue weighted by Gasteiger charge is 2.51. The molecule has 0 saturated carbocycles. The van der Waals surface area contributed by atoms with Crippen molar-refractivity contribution < 1.29 is 4.79 Å². The maximum atomic E-state index is 13.0. The van der Waals surface area contributed by atoms with E-state index in [-0.39, 0.29) is 5.91 Å². The number of aromatic nitrogens is 2. The molecule has 2 aromatic heterocycles. The molecule has 0 bridgehead atoms. The number of carbonyl (C=O) groups is 1. The molecule has 5 heteroatoms. The summed E-state index contributed by atoms with van der Waals surface area (Å²) < 4.78 is 0. The number of anilines is 1. The van der Waals surface area contributed by atoms with Crippen LogP contribution in [-0.4, -0.2) is 26.8 Å². The molecule has 0 saturated heterocycles. The molecule has 3 aliphatic rings. The molecule has 0 radical (unpaired) electrons. The van der Waals surface area contributed by atoms with Gasteiger partial charge in [-0.15, -0.1) is 0 Å². The van der Waals surface area contributed by atoms with E-state index in [1.807, 2.05) is 12.1 Å². The number of benzene rings is 2. The number of amides is 1. The number of carbonyl (C=O) groups excluding carboxylic acids is 1. The van der Waals surface area contributed by atoms with Crippen LogP contribution in [0.5, 0.6) is 0 Å². The fourth-order valence-corrected chi connectivity index (χ4v) is 6.18. The Morgan fingerprint density at radius 2 is 1.82 bits per heavy atom. The van der Waals surface area contributed by atoms with Gasteiger partial charge in [-0.25, -0.2) is 4.98 Å². The van der Waals surface area contributed by atoms with Crippen LogP contribution < -0.4 is 5.32 Å². The summed E-state index contributed by atoms with van der Waals surface area (Å²) in [5.41, 5.74) is 7.96. The van der Waals surface area contributed by atoms with Crippen LogP contribution in [0.3, 0.4) is 0 Å². The summed E-state index contributed by atoms with van der Waals surface area (Å²) in [6, 6.07) is 22.0. The van der Waals surface area contributed by atoms with Crippen LogP contribution in [0.1, 0.15) is 40.4 Å². The Labute approximate surface area is 198 Å². The Morgan fingerprint density at radius 3 is 2.71 bits per heavy atom. The van der Waals surface area contributed by atoms with Crippen molar-refractivity contribution >= 4 is 22.6 Å². The molecule has 1 amide bonds. The van der Waals surface area contributed by atoms with Crippen molar-refractivity contribution in [3.63, 3.8) is 0 Å². The Kier molecular flexibility index (Phi) is 4.21. The smallest absolute Gasteiger partial charge is 0.237 e. The van der Waals surface area contributed by atoms with E-state index in [1.165, 1.54) is 22.3 Å². The van der Waals surface area contributed by atoms with Gasteiger partial charge in [0, 0.05) is 36.3 Å². The van der Waals surface area contributed by atoms with E-state index in [0.29, 0.717) is 18.3 Å². The van der Waals surface area contributed by atoms with E-state index in [4.69, 9.17) is 4.98 Å². The van der Waals surface area contributed by atoms with Gasteiger partial charge >= 0.3 is 0 Å². The number of hydrogen-bond acceptors (Lipinski definition) is 4. The Balaban J connectivity index is 1.19. The highest BCUT2D eigenvalue weighted by molar-refractivity contribution is 6.06. The maximum Gasteiger partial charge on any atom is 0.237 e. The number of nitrogens with zero attached hydrogens (tertiary/aromatic N) is 3. The van der Waals surface area contributed by atoms with Crippen molar-refractivity contribution in [3.05, 3.63) is 100 Å². The first-order valence-corrected chi connectivity index (χ1v) is 12.1. The molecular weight excluding hydrogens is 420 g/mol. The molecule has 7 rings (SSSR count). The Hall–Kier alpha value is -3.57. The first-order valence-electron chi connectivity index (χ1n) is 12.1. The van der Waals surface area contributed by atoms with E-state index < -0.39 is 5.41 Å². The maximum absolute atomic E-state index is 13.0. The minimum Gasteiger partial charge on any atom is -0.310 e. The normalized spacial score (nSPS) is 23.1. The highest BCUT2D eigenvalue weighted by Crippen LogP contribution is 2.47. The van der Waals surface area contributed by atoms with Crippen LogP contribution in [0, 0.1) is 0 Å². The van der Waals surface area contributed by atoms with Gasteiger partial charge in [0.15, 0.2) is 0 Å². The number of pyridine rings is 2. The zero-order valence-corrected chi connectivity index (χ0v) is 19.2. The third kappa shape index (κ3) is 2.93. The first kappa shape index (κ1) is 19.9. The van der Waals surface area contributed by atoms with Crippen LogP contribution in [0.15, 0.2) is 66.9 Å². The molecule has 2 unspecified atom stereocenters. The molecule has 2 aromatic carbocycles. The fraction of sp³-hybridized carbons (Fsp3) is 0.276. The van der Waals surface area contributed by atoms with E-state index in [2.05, 4.69) is 70.7 Å². The molecule has 2 aliphatic heterocycles. The SMILES string of the molecule is CC1Cc2ccccc2CN1Cc1ccc2cc3c(cc2n1)CC1(C3)C(=O)Nc2ncccc21. The molecule has 5 nitrogen and oxygen atoms in total. The Morgan fingerprint density at radius 1 is 1.00 bits per heavy atom. The largest absolute Gasteiger partial charge is 0.310 e. The third-order valence-electron chi connectivity index (χ3n) is 8.04. The fourth-order valence-electron chi connectivity index (χ4n) is 6.18. The number of nitrogens with one attached hydrogen (secondary N) is 1. The standard InChI is InChI=1S/C29H26N4O/c1-18-11-19-5-2-3-6-21(19)16-33(18)17-24-9-8-20-12-22-14-29(15-23(22)13-26(20)31-24)25-7-4-10-30-27(25)32-28(29)34/h2-10,12-13,18H,11,14-17H2,1H3,(H,30,32,34). The van der Waals surface area contributed by atoms with Gasteiger partial charge in [-0.3, -0.25) is 14.7 Å². The average molecular weight is 447 g/mol. The minimum atomic E-state index is -0.539. The monoisotopic (exact) mass is 446 g/mol. The van der Waals surface area contributed by atoms with E-state index in [0.717, 1.165) is 48.1 Å². The average Bonchev–Trinajstić information content (AvgIpc) is 3.35. The van der Waals surface area contributed by atoms with Crippen molar-refractivity contribution in [2.75, 3.05) is 5.32 Å². The van der Waals surface area contributed by atoms with Gasteiger partial charge in [0.1, 0.15) is 5.82 Å². The van der Waals surface area contributed by atoms with Crippen LogP contribution in [-0.2, 0) is 42.6 Å². The number of rotatable bonds is 2. The molecule has 2 atom stereocenters. The van der Waals surface area contributed by atoms with E-state index in [9.17, 15) is 4.79 Å². The highest BCUT2D eigenvalue weighted by atomic mass is 16.2. The lowest BCUT2D eigenvalue weighted by Crippen LogP contribution is -2.37. The molecular formula is C29H26N4O. The molecule has 1 spiro atoms. The van der Waals surface area contributed by atoms with Gasteiger partial charge in [-0.1, -0.05) is 36.4 Å². The van der Waals surface area contributed by atoms with Crippen molar-refractivity contribution in [1.82, 2.24) is 14.9 Å². The van der Waals surface area contributed by atoms with E-state index in [1.54, 1.807) is 6.20 Å². The predicted octanol–water partition coefficient (Wildman–Crippen LogP) is 4.57. The van der Waals surface area contributed by atoms with Crippen LogP contribution in [0.2, 0.25) is 0 Å². The predicted molar refractivity (Wildman–Crippen MR) is 133 cm³/mol. The van der Waals surface area contributed by atoms with Crippen LogP contribution in [0.4, 0.5) is 5.82 Å². The van der Waals surface area contributed by atoms with Crippen molar-refractivity contribution in [1.29, 1.82) is 0 Å². The second-order valence-corrected chi connectivity index (χ2v) is 10.1. The second-order valence-electron chi connectivity index (χ2n) is 10.1. The summed E-state index contributed by atoms with van der Waals surface area (Å²) >= 11 is 0. The van der Waals surface area contributed by atoms with Gasteiger partial charge in [0.2, 0.25) is 5.91 Å². The van der Waals surface area contributed by atoms with Crippen LogP contribution in [0.25, 0.3) is 10.9 Å².